The molecule has 0 aliphatic carbocycles. The van der Waals surface area contributed by atoms with E-state index in [1.165, 1.54) is 0 Å². The first-order valence-corrected chi connectivity index (χ1v) is 51.6. The van der Waals surface area contributed by atoms with E-state index in [9.17, 15) is 14.4 Å². The van der Waals surface area contributed by atoms with Crippen LogP contribution in [0.4, 0.5) is 0 Å². The summed E-state index contributed by atoms with van der Waals surface area (Å²) in [6, 6.07) is 0. The predicted molar refractivity (Wildman–Crippen MR) is 531 cm³/mol. The molecule has 0 heterocycles. The second-order valence-corrected chi connectivity index (χ2v) is 30.0. The van der Waals surface area contributed by atoms with E-state index in [1.54, 1.807) is 0 Å². The van der Waals surface area contributed by atoms with Gasteiger partial charge >= 0.3 is 17.9 Å². The van der Waals surface area contributed by atoms with Crippen LogP contribution in [0.25, 0.3) is 0 Å². The van der Waals surface area contributed by atoms with Crippen LogP contribution in [-0.2, 0) is 228 Å². The number of carbonyl (C=O) groups is 3. The van der Waals surface area contributed by atoms with Gasteiger partial charge in [-0.3, -0.25) is 0 Å². The third-order valence-electron chi connectivity index (χ3n) is 18.4. The van der Waals surface area contributed by atoms with E-state index in [2.05, 4.69) is 26.7 Å². The van der Waals surface area contributed by atoms with E-state index in [4.69, 9.17) is 213 Å². The van der Waals surface area contributed by atoms with E-state index in [1.807, 2.05) is 0 Å². The summed E-state index contributed by atoms with van der Waals surface area (Å²) in [5, 5.41) is 0. The molecule has 0 N–H and O–H groups in total. The van der Waals surface area contributed by atoms with E-state index < -0.39 is 23.3 Å². The molecule has 0 aliphatic heterocycles. The van der Waals surface area contributed by atoms with Gasteiger partial charge in [0.15, 0.2) is 0 Å². The molecule has 147 heavy (non-hydrogen) atoms. The van der Waals surface area contributed by atoms with Gasteiger partial charge in [0, 0.05) is 23.6 Å². The summed E-state index contributed by atoms with van der Waals surface area (Å²) in [6.45, 7) is 49.1. The van der Waals surface area contributed by atoms with Crippen LogP contribution in [-0.4, -0.2) is 593 Å². The minimum atomic E-state index is -0.473. The summed E-state index contributed by atoms with van der Waals surface area (Å²) in [6.07, 6.45) is 4.07. The fourth-order valence-corrected chi connectivity index (χ4v) is 10.7. The van der Waals surface area contributed by atoms with E-state index in [0.717, 1.165) is 24.6 Å². The van der Waals surface area contributed by atoms with Crippen molar-refractivity contribution in [1.82, 2.24) is 0 Å². The normalized spacial score (nSPS) is 11.7. The van der Waals surface area contributed by atoms with Crippen LogP contribution in [0.1, 0.15) is 13.3 Å². The van der Waals surface area contributed by atoms with Gasteiger partial charge in [0.1, 0.15) is 19.8 Å². The largest absolute Gasteiger partial charge is 0.460 e. The zero-order valence-corrected chi connectivity index (χ0v) is 88.7. The van der Waals surface area contributed by atoms with Gasteiger partial charge in [0.05, 0.1) is 555 Å². The molecule has 0 aromatic rings. The monoisotopic (exact) mass is 2150 g/mol. The highest BCUT2D eigenvalue weighted by Crippen LogP contribution is 2.24. The van der Waals surface area contributed by atoms with Gasteiger partial charge in [-0.15, -0.1) is 0 Å². The second-order valence-electron chi connectivity index (χ2n) is 30.0. The van der Waals surface area contributed by atoms with Crippen molar-refractivity contribution in [3.8, 4) is 0 Å². The average molecular weight is 2150 g/mol. The molecule has 0 radical (unpaired) electrons. The smallest absolute Gasteiger partial charge is 0.330 e. The van der Waals surface area contributed by atoms with Gasteiger partial charge in [0.2, 0.25) is 0 Å². The standard InChI is InChI=1S/C99H188O48/c1-5-96(100)145-90-87-139-78-75-133-66-63-127-54-51-121-42-39-115-30-27-109-18-15-103-9-12-106-21-24-112-33-36-118-45-48-124-57-60-130-69-72-136-81-84-142-93-99(8-4,94-143-85-82-137-73-70-131-61-58-125-49-46-119-37-34-113-25-22-107-13-10-104-16-19-110-28-31-116-40-43-122-52-55-128-64-67-134-76-79-140-88-91-146-97(101)6-2)95-144-86-83-138-74-71-132-62-59-126-50-47-120-38-35-114-26-23-108-14-11-105-17-20-111-29-32-117-41-44-123-53-56-129-65-68-135-77-80-141-89-92-147-98(102)7-3/h5-7H,1-3,8-95H2,4H3. The van der Waals surface area contributed by atoms with Gasteiger partial charge in [-0.25, -0.2) is 14.4 Å². The Morgan fingerprint density at radius 2 is 0.197 bits per heavy atom. The molecule has 0 aromatic heterocycles. The summed E-state index contributed by atoms with van der Waals surface area (Å²) in [5.74, 6) is -1.42. The zero-order chi connectivity index (χ0) is 105. The number of carbonyl (C=O) groups excluding carboxylic acids is 3. The maximum absolute atomic E-state index is 10.9. The fourth-order valence-electron chi connectivity index (χ4n) is 10.7. The number of rotatable bonds is 136. The molecule has 48 heteroatoms. The number of hydrogen-bond donors (Lipinski definition) is 0. The minimum absolute atomic E-state index is 0.179. The predicted octanol–water partition coefficient (Wildman–Crippen LogP) is 2.27. The summed E-state index contributed by atoms with van der Waals surface area (Å²) in [7, 11) is 0. The van der Waals surface area contributed by atoms with Crippen molar-refractivity contribution in [2.45, 2.75) is 13.3 Å². The molecule has 0 amide bonds. The maximum Gasteiger partial charge on any atom is 0.330 e. The van der Waals surface area contributed by atoms with E-state index in [-0.39, 0.29) is 19.8 Å². The van der Waals surface area contributed by atoms with E-state index in [0.29, 0.717) is 555 Å². The second kappa shape index (κ2) is 131. The lowest BCUT2D eigenvalue weighted by molar-refractivity contribution is -0.140. The Morgan fingerprint density at radius 3 is 0.265 bits per heavy atom. The molecule has 0 rings (SSSR count). The first-order valence-electron chi connectivity index (χ1n) is 51.6. The van der Waals surface area contributed by atoms with Crippen LogP contribution in [0, 0.1) is 5.41 Å². The summed E-state index contributed by atoms with van der Waals surface area (Å²) in [5.41, 5.74) is -0.428. The molecular formula is C99H188O48. The van der Waals surface area contributed by atoms with Crippen LogP contribution in [0.5, 0.6) is 0 Å². The number of ether oxygens (including phenoxy) is 45. The Balaban J connectivity index is 4.16. The maximum atomic E-state index is 10.9. The topological polar surface area (TPSA) is 467 Å². The fraction of sp³-hybridized carbons (Fsp3) is 0.909. The van der Waals surface area contributed by atoms with Crippen molar-refractivity contribution in [2.75, 3.05) is 575 Å². The van der Waals surface area contributed by atoms with Gasteiger partial charge in [-0.05, 0) is 6.42 Å². The minimum Gasteiger partial charge on any atom is -0.460 e. The lowest BCUT2D eigenvalue weighted by atomic mass is 9.88. The van der Waals surface area contributed by atoms with Crippen molar-refractivity contribution in [2.24, 2.45) is 5.41 Å². The molecule has 872 valence electrons. The Hall–Kier alpha value is -4.05. The summed E-state index contributed by atoms with van der Waals surface area (Å²) < 4.78 is 250. The van der Waals surface area contributed by atoms with Gasteiger partial charge < -0.3 is 213 Å². The third kappa shape index (κ3) is 125. The Bertz CT molecular complexity index is 2300. The quantitative estimate of drug-likeness (QED) is 0.0365. The van der Waals surface area contributed by atoms with Crippen LogP contribution < -0.4 is 0 Å². The number of esters is 3. The van der Waals surface area contributed by atoms with Crippen molar-refractivity contribution in [3.63, 3.8) is 0 Å². The summed E-state index contributed by atoms with van der Waals surface area (Å²) >= 11 is 0. The third-order valence-corrected chi connectivity index (χ3v) is 18.4. The van der Waals surface area contributed by atoms with Crippen LogP contribution in [0.3, 0.4) is 0 Å². The molecule has 0 aromatic carbocycles. The van der Waals surface area contributed by atoms with Gasteiger partial charge in [-0.2, -0.15) is 0 Å². The lowest BCUT2D eigenvalue weighted by Crippen LogP contribution is -2.38. The van der Waals surface area contributed by atoms with Gasteiger partial charge in [0.25, 0.3) is 0 Å². The van der Waals surface area contributed by atoms with Crippen molar-refractivity contribution in [3.05, 3.63) is 38.0 Å². The lowest BCUT2D eigenvalue weighted by Gasteiger charge is -2.32. The summed E-state index contributed by atoms with van der Waals surface area (Å²) in [4.78, 5) is 32.8. The first kappa shape index (κ1) is 143. The molecule has 0 unspecified atom stereocenters. The molecular weight excluding hydrogens is 1960 g/mol. The zero-order valence-electron chi connectivity index (χ0n) is 88.7. The molecule has 0 aliphatic rings. The molecule has 0 fully saturated rings. The SMILES string of the molecule is C=CC(=O)OCCOCCOCCOCCOCCOCCOCCOCCOCCOCCOCCOCCOCCOCCOCC(CC)(COCCOCCOCCOCCOCCOCCOCCOCCOCCOCCOCCOCCOCCOCCOC(=O)C=C)COCCOCCOCCOCCOCCOCCOCCOCCOCCOCCOCCOCCOCCOCCOC(=O)C=C. The Morgan fingerprint density at radius 1 is 0.129 bits per heavy atom. The molecule has 48 nitrogen and oxygen atoms in total. The van der Waals surface area contributed by atoms with Crippen molar-refractivity contribution < 1.29 is 228 Å². The molecule has 0 bridgehead atoms. The highest BCUT2D eigenvalue weighted by atomic mass is 16.7. The highest BCUT2D eigenvalue weighted by Gasteiger charge is 2.30. The van der Waals surface area contributed by atoms with Gasteiger partial charge in [-0.1, -0.05) is 26.7 Å². The molecule has 0 atom stereocenters. The molecule has 0 saturated heterocycles. The highest BCUT2D eigenvalue weighted by molar-refractivity contribution is 5.81. The molecule has 0 spiro atoms. The van der Waals surface area contributed by atoms with Crippen molar-refractivity contribution in [1.29, 1.82) is 0 Å². The van der Waals surface area contributed by atoms with Crippen LogP contribution >= 0.6 is 0 Å². The average Bonchev–Trinajstić information content (AvgIpc) is 0.875. The Kier molecular flexibility index (Phi) is 127. The van der Waals surface area contributed by atoms with Crippen LogP contribution in [0.15, 0.2) is 38.0 Å². The Labute approximate surface area is 873 Å². The van der Waals surface area contributed by atoms with Crippen molar-refractivity contribution >= 4 is 17.9 Å². The number of hydrogen-bond acceptors (Lipinski definition) is 48. The first-order chi connectivity index (χ1) is 72.9. The van der Waals surface area contributed by atoms with Crippen LogP contribution in [0.2, 0.25) is 0 Å². The van der Waals surface area contributed by atoms with E-state index >= 15 is 0 Å². The molecule has 0 saturated carbocycles.